The van der Waals surface area contributed by atoms with Crippen LogP contribution in [0.2, 0.25) is 0 Å². The molecule has 1 aromatic carbocycles. The molecule has 0 amide bonds. The van der Waals surface area contributed by atoms with Gasteiger partial charge >= 0.3 is 0 Å². The summed E-state index contributed by atoms with van der Waals surface area (Å²) < 4.78 is 3.09. The molecule has 0 spiro atoms. The first kappa shape index (κ1) is 13.5. The highest BCUT2D eigenvalue weighted by molar-refractivity contribution is 9.10. The average molecular weight is 335 g/mol. The maximum Gasteiger partial charge on any atom is 0.0739 e. The number of rotatable bonds is 2. The molecule has 2 heterocycles. The second-order valence-electron chi connectivity index (χ2n) is 5.19. The van der Waals surface area contributed by atoms with Crippen LogP contribution in [0.15, 0.2) is 28.7 Å². The Morgan fingerprint density at radius 1 is 1.35 bits per heavy atom. The zero-order valence-electron chi connectivity index (χ0n) is 11.9. The van der Waals surface area contributed by atoms with Gasteiger partial charge in [-0.05, 0) is 41.4 Å². The predicted octanol–water partition coefficient (Wildman–Crippen LogP) is 3.31. The van der Waals surface area contributed by atoms with E-state index in [0.717, 1.165) is 36.2 Å². The van der Waals surface area contributed by atoms with Crippen LogP contribution in [0.5, 0.6) is 0 Å². The molecule has 106 valence electrons. The van der Waals surface area contributed by atoms with Crippen molar-refractivity contribution >= 4 is 27.3 Å². The molecule has 0 unspecified atom stereocenters. The van der Waals surface area contributed by atoms with E-state index in [0.29, 0.717) is 0 Å². The monoisotopic (exact) mass is 334 g/mol. The van der Waals surface area contributed by atoms with E-state index in [1.54, 1.807) is 0 Å². The molecule has 0 saturated heterocycles. The number of para-hydroxylation sites is 2. The molecule has 1 aromatic heterocycles. The topological polar surface area (TPSA) is 33.1 Å². The van der Waals surface area contributed by atoms with Crippen molar-refractivity contribution in [2.45, 2.75) is 19.9 Å². The number of anilines is 2. The Morgan fingerprint density at radius 2 is 2.15 bits per heavy atom. The molecular weight excluding hydrogens is 316 g/mol. The summed E-state index contributed by atoms with van der Waals surface area (Å²) >= 11 is 3.66. The van der Waals surface area contributed by atoms with Crippen molar-refractivity contribution in [2.75, 3.05) is 23.3 Å². The maximum absolute atomic E-state index is 4.48. The van der Waals surface area contributed by atoms with Crippen LogP contribution in [0.25, 0.3) is 0 Å². The van der Waals surface area contributed by atoms with Crippen molar-refractivity contribution in [3.05, 3.63) is 40.1 Å². The largest absolute Gasteiger partial charge is 0.383 e. The van der Waals surface area contributed by atoms with Crippen LogP contribution >= 0.6 is 15.9 Å². The molecular formula is C15H19BrN4. The van der Waals surface area contributed by atoms with Crippen molar-refractivity contribution in [1.29, 1.82) is 0 Å². The summed E-state index contributed by atoms with van der Waals surface area (Å²) in [7, 11) is 2.01. The molecule has 0 fully saturated rings. The highest BCUT2D eigenvalue weighted by Gasteiger charge is 2.18. The Balaban J connectivity index is 1.94. The zero-order valence-corrected chi connectivity index (χ0v) is 13.4. The van der Waals surface area contributed by atoms with Gasteiger partial charge in [0.25, 0.3) is 0 Å². The molecule has 1 aliphatic heterocycles. The number of hydrogen-bond acceptors (Lipinski definition) is 3. The van der Waals surface area contributed by atoms with Crippen LogP contribution < -0.4 is 10.2 Å². The fraction of sp³-hybridized carbons (Fsp3) is 0.400. The van der Waals surface area contributed by atoms with Crippen LogP contribution in [-0.4, -0.2) is 22.9 Å². The van der Waals surface area contributed by atoms with E-state index in [-0.39, 0.29) is 0 Å². The Kier molecular flexibility index (Phi) is 3.70. The summed E-state index contributed by atoms with van der Waals surface area (Å²) in [6.07, 6.45) is 1.14. The van der Waals surface area contributed by atoms with Gasteiger partial charge in [0.1, 0.15) is 0 Å². The fourth-order valence-electron chi connectivity index (χ4n) is 2.71. The van der Waals surface area contributed by atoms with Crippen LogP contribution in [0.3, 0.4) is 0 Å². The minimum absolute atomic E-state index is 0.872. The van der Waals surface area contributed by atoms with Crippen LogP contribution in [-0.2, 0) is 13.6 Å². The Labute approximate surface area is 127 Å². The number of nitrogens with one attached hydrogen (secondary N) is 1. The number of halogens is 1. The van der Waals surface area contributed by atoms with E-state index in [4.69, 9.17) is 0 Å². The Hall–Kier alpha value is -1.49. The summed E-state index contributed by atoms with van der Waals surface area (Å²) in [5.74, 6) is 0. The van der Waals surface area contributed by atoms with E-state index < -0.39 is 0 Å². The number of aryl methyl sites for hydroxylation is 2. The fourth-order valence-corrected chi connectivity index (χ4v) is 3.17. The van der Waals surface area contributed by atoms with E-state index in [2.05, 4.69) is 55.5 Å². The van der Waals surface area contributed by atoms with Gasteiger partial charge in [-0.15, -0.1) is 0 Å². The van der Waals surface area contributed by atoms with Crippen molar-refractivity contribution in [2.24, 2.45) is 7.05 Å². The predicted molar refractivity (Wildman–Crippen MR) is 86.2 cm³/mol. The highest BCUT2D eigenvalue weighted by atomic mass is 79.9. The third-order valence-electron chi connectivity index (χ3n) is 3.77. The molecule has 2 aromatic rings. The molecule has 0 saturated carbocycles. The molecule has 20 heavy (non-hydrogen) atoms. The number of nitrogens with zero attached hydrogens (tertiary/aromatic N) is 3. The SMILES string of the molecule is Cc1nn(C)c(CN2CCCNc3ccccc32)c1Br. The van der Waals surface area contributed by atoms with Crippen molar-refractivity contribution in [3.8, 4) is 0 Å². The van der Waals surface area contributed by atoms with Gasteiger partial charge in [-0.1, -0.05) is 12.1 Å². The lowest BCUT2D eigenvalue weighted by Gasteiger charge is -2.24. The van der Waals surface area contributed by atoms with Gasteiger partial charge in [-0.3, -0.25) is 4.68 Å². The molecule has 0 aliphatic carbocycles. The molecule has 0 atom stereocenters. The lowest BCUT2D eigenvalue weighted by Crippen LogP contribution is -2.24. The maximum atomic E-state index is 4.48. The molecule has 1 aliphatic rings. The highest BCUT2D eigenvalue weighted by Crippen LogP contribution is 2.31. The standard InChI is InChI=1S/C15H19BrN4/c1-11-15(16)14(19(2)18-11)10-20-9-5-8-17-12-6-3-4-7-13(12)20/h3-4,6-7,17H,5,8-10H2,1-2H3. The van der Waals surface area contributed by atoms with Gasteiger partial charge < -0.3 is 10.2 Å². The number of aromatic nitrogens is 2. The molecule has 3 rings (SSSR count). The van der Waals surface area contributed by atoms with E-state index in [9.17, 15) is 0 Å². The molecule has 0 bridgehead atoms. The average Bonchev–Trinajstić information content (AvgIpc) is 2.63. The van der Waals surface area contributed by atoms with Gasteiger partial charge in [0.2, 0.25) is 0 Å². The van der Waals surface area contributed by atoms with Gasteiger partial charge in [0.15, 0.2) is 0 Å². The summed E-state index contributed by atoms with van der Waals surface area (Å²) in [4.78, 5) is 2.43. The normalized spacial score (nSPS) is 14.7. The molecule has 1 N–H and O–H groups in total. The van der Waals surface area contributed by atoms with Gasteiger partial charge in [0.05, 0.1) is 33.8 Å². The quantitative estimate of drug-likeness (QED) is 0.914. The molecule has 0 radical (unpaired) electrons. The third kappa shape index (κ3) is 2.42. The Bertz CT molecular complexity index is 620. The van der Waals surface area contributed by atoms with Gasteiger partial charge in [0, 0.05) is 20.1 Å². The van der Waals surface area contributed by atoms with Crippen molar-refractivity contribution < 1.29 is 0 Å². The lowest BCUT2D eigenvalue weighted by molar-refractivity contribution is 0.669. The van der Waals surface area contributed by atoms with Gasteiger partial charge in [-0.2, -0.15) is 5.10 Å². The van der Waals surface area contributed by atoms with E-state index >= 15 is 0 Å². The lowest BCUT2D eigenvalue weighted by atomic mass is 10.2. The van der Waals surface area contributed by atoms with Crippen molar-refractivity contribution in [1.82, 2.24) is 9.78 Å². The molecule has 5 heteroatoms. The second kappa shape index (κ2) is 5.48. The van der Waals surface area contributed by atoms with Gasteiger partial charge in [-0.25, -0.2) is 0 Å². The first-order valence-corrected chi connectivity index (χ1v) is 7.72. The minimum atomic E-state index is 0.872. The van der Waals surface area contributed by atoms with Crippen LogP contribution in [0, 0.1) is 6.92 Å². The van der Waals surface area contributed by atoms with E-state index in [1.165, 1.54) is 17.1 Å². The second-order valence-corrected chi connectivity index (χ2v) is 5.98. The number of hydrogen-bond donors (Lipinski definition) is 1. The summed E-state index contributed by atoms with van der Waals surface area (Å²) in [6.45, 7) is 4.99. The first-order valence-electron chi connectivity index (χ1n) is 6.92. The third-order valence-corrected chi connectivity index (χ3v) is 4.80. The van der Waals surface area contributed by atoms with Crippen molar-refractivity contribution in [3.63, 3.8) is 0 Å². The summed E-state index contributed by atoms with van der Waals surface area (Å²) in [5, 5.41) is 7.98. The van der Waals surface area contributed by atoms with Crippen LogP contribution in [0.1, 0.15) is 17.8 Å². The smallest absolute Gasteiger partial charge is 0.0739 e. The van der Waals surface area contributed by atoms with Crippen LogP contribution in [0.4, 0.5) is 11.4 Å². The number of fused-ring (bicyclic) bond motifs is 1. The molecule has 4 nitrogen and oxygen atoms in total. The first-order chi connectivity index (χ1) is 9.66. The van der Waals surface area contributed by atoms with E-state index in [1.807, 2.05) is 18.7 Å². The summed E-state index contributed by atoms with van der Waals surface area (Å²) in [5.41, 5.74) is 4.76. The zero-order chi connectivity index (χ0) is 14.1. The minimum Gasteiger partial charge on any atom is -0.383 e. The summed E-state index contributed by atoms with van der Waals surface area (Å²) in [6, 6.07) is 8.52. The number of benzene rings is 1. The Morgan fingerprint density at radius 3 is 2.90 bits per heavy atom.